The monoisotopic (exact) mass is 402 g/mol. The van der Waals surface area contributed by atoms with Crippen LogP contribution in [0.2, 0.25) is 0 Å². The molecule has 0 saturated heterocycles. The molecule has 0 spiro atoms. The molecule has 0 aliphatic carbocycles. The molecule has 2 aromatic carbocycles. The lowest BCUT2D eigenvalue weighted by Crippen LogP contribution is -2.24. The van der Waals surface area contributed by atoms with Crippen molar-refractivity contribution in [3.8, 4) is 0 Å². The maximum atomic E-state index is 12.1. The van der Waals surface area contributed by atoms with E-state index in [-0.39, 0.29) is 12.2 Å². The first-order valence-electron chi connectivity index (χ1n) is 6.15. The summed E-state index contributed by atoms with van der Waals surface area (Å²) in [6.07, 6.45) is 0.117. The third-order valence-corrected chi connectivity index (χ3v) is 5.40. The van der Waals surface area contributed by atoms with Crippen molar-refractivity contribution in [2.45, 2.75) is 17.6 Å². The Bertz CT molecular complexity index is 651. The van der Waals surface area contributed by atoms with E-state index in [9.17, 15) is 13.5 Å². The van der Waals surface area contributed by atoms with Crippen LogP contribution in [-0.4, -0.2) is 19.0 Å². The fourth-order valence-electron chi connectivity index (χ4n) is 1.85. The average molecular weight is 402 g/mol. The van der Waals surface area contributed by atoms with Gasteiger partial charge in [-0.05, 0) is 45.9 Å². The SMILES string of the molecule is O=S(=O)(Cc1ccccc1)C(O)Cc1ccc(I)cc1. The number of benzene rings is 2. The smallest absolute Gasteiger partial charge is 0.181 e. The van der Waals surface area contributed by atoms with Gasteiger partial charge in [0.1, 0.15) is 0 Å². The summed E-state index contributed by atoms with van der Waals surface area (Å²) < 4.78 is 25.3. The second-order valence-corrected chi connectivity index (χ2v) is 7.98. The fraction of sp³-hybridized carbons (Fsp3) is 0.200. The lowest BCUT2D eigenvalue weighted by atomic mass is 10.2. The molecule has 20 heavy (non-hydrogen) atoms. The summed E-state index contributed by atoms with van der Waals surface area (Å²) in [7, 11) is -3.57. The van der Waals surface area contributed by atoms with Gasteiger partial charge in [0.2, 0.25) is 0 Å². The summed E-state index contributed by atoms with van der Waals surface area (Å²) in [5.41, 5.74) is 0.131. The predicted molar refractivity (Wildman–Crippen MR) is 87.9 cm³/mol. The van der Waals surface area contributed by atoms with Crippen LogP contribution in [0.15, 0.2) is 54.6 Å². The molecular formula is C15H15IO3S. The minimum absolute atomic E-state index is 0.117. The molecule has 1 atom stereocenters. The van der Waals surface area contributed by atoms with Gasteiger partial charge in [0.05, 0.1) is 5.75 Å². The van der Waals surface area contributed by atoms with E-state index in [4.69, 9.17) is 0 Å². The highest BCUT2D eigenvalue weighted by molar-refractivity contribution is 14.1. The number of hydrogen-bond acceptors (Lipinski definition) is 3. The largest absolute Gasteiger partial charge is 0.377 e. The first kappa shape index (κ1) is 15.5. The molecule has 0 aliphatic heterocycles. The average Bonchev–Trinajstić information content (AvgIpc) is 2.42. The second kappa shape index (κ2) is 6.69. The lowest BCUT2D eigenvalue weighted by molar-refractivity contribution is 0.249. The maximum Gasteiger partial charge on any atom is 0.181 e. The molecule has 0 radical (unpaired) electrons. The predicted octanol–water partition coefficient (Wildman–Crippen LogP) is 2.77. The first-order chi connectivity index (χ1) is 9.47. The van der Waals surface area contributed by atoms with Gasteiger partial charge in [-0.25, -0.2) is 8.42 Å². The number of hydrogen-bond donors (Lipinski definition) is 1. The molecule has 0 aliphatic rings. The van der Waals surface area contributed by atoms with Gasteiger partial charge in [-0.15, -0.1) is 0 Å². The van der Waals surface area contributed by atoms with Gasteiger partial charge in [-0.1, -0.05) is 42.5 Å². The Morgan fingerprint density at radius 3 is 2.15 bits per heavy atom. The van der Waals surface area contributed by atoms with Crippen molar-refractivity contribution in [2.75, 3.05) is 0 Å². The summed E-state index contributed by atoms with van der Waals surface area (Å²) in [5.74, 6) is -0.140. The number of halogens is 1. The molecule has 0 heterocycles. The van der Waals surface area contributed by atoms with Crippen LogP contribution < -0.4 is 0 Å². The molecule has 5 heteroatoms. The van der Waals surface area contributed by atoms with Crippen molar-refractivity contribution < 1.29 is 13.5 Å². The van der Waals surface area contributed by atoms with E-state index in [1.807, 2.05) is 30.3 Å². The Morgan fingerprint density at radius 1 is 0.950 bits per heavy atom. The molecule has 2 aromatic rings. The van der Waals surface area contributed by atoms with Crippen LogP contribution in [0.5, 0.6) is 0 Å². The number of rotatable bonds is 5. The van der Waals surface area contributed by atoms with E-state index in [0.717, 1.165) is 9.13 Å². The molecule has 0 fully saturated rings. The molecular weight excluding hydrogens is 387 g/mol. The highest BCUT2D eigenvalue weighted by atomic mass is 127. The van der Waals surface area contributed by atoms with Gasteiger partial charge in [0.15, 0.2) is 15.3 Å². The third kappa shape index (κ3) is 4.29. The topological polar surface area (TPSA) is 54.4 Å². The number of aliphatic hydroxyl groups is 1. The molecule has 0 saturated carbocycles. The van der Waals surface area contributed by atoms with Gasteiger partial charge in [-0.3, -0.25) is 0 Å². The molecule has 106 valence electrons. The summed E-state index contributed by atoms with van der Waals surface area (Å²) >= 11 is 2.18. The molecule has 0 bridgehead atoms. The first-order valence-corrected chi connectivity index (χ1v) is 8.95. The van der Waals surface area contributed by atoms with Gasteiger partial charge in [0, 0.05) is 9.99 Å². The van der Waals surface area contributed by atoms with Crippen LogP contribution in [0.4, 0.5) is 0 Å². The zero-order valence-corrected chi connectivity index (χ0v) is 13.7. The fourth-order valence-corrected chi connectivity index (χ4v) is 3.51. The summed E-state index contributed by atoms with van der Waals surface area (Å²) in [4.78, 5) is 0. The zero-order chi connectivity index (χ0) is 14.6. The van der Waals surface area contributed by atoms with E-state index in [1.165, 1.54) is 0 Å². The Morgan fingerprint density at radius 2 is 1.55 bits per heavy atom. The Kier molecular flexibility index (Phi) is 5.17. The molecule has 1 unspecified atom stereocenters. The molecule has 0 amide bonds. The molecule has 1 N–H and O–H groups in total. The van der Waals surface area contributed by atoms with Crippen molar-refractivity contribution in [3.05, 3.63) is 69.3 Å². The quantitative estimate of drug-likeness (QED) is 0.783. The highest BCUT2D eigenvalue weighted by Crippen LogP contribution is 2.15. The highest BCUT2D eigenvalue weighted by Gasteiger charge is 2.23. The van der Waals surface area contributed by atoms with E-state index in [2.05, 4.69) is 22.6 Å². The van der Waals surface area contributed by atoms with Crippen molar-refractivity contribution >= 4 is 32.4 Å². The minimum atomic E-state index is -3.57. The summed E-state index contributed by atoms with van der Waals surface area (Å²) in [6, 6.07) is 16.4. The van der Waals surface area contributed by atoms with Gasteiger partial charge >= 0.3 is 0 Å². The van der Waals surface area contributed by atoms with Crippen molar-refractivity contribution in [3.63, 3.8) is 0 Å². The van der Waals surface area contributed by atoms with E-state index < -0.39 is 15.3 Å². The van der Waals surface area contributed by atoms with Crippen molar-refractivity contribution in [2.24, 2.45) is 0 Å². The molecule has 0 aromatic heterocycles. The zero-order valence-electron chi connectivity index (χ0n) is 10.7. The standard InChI is InChI=1S/C15H15IO3S/c16-14-8-6-12(7-9-14)10-15(17)20(18,19)11-13-4-2-1-3-5-13/h1-9,15,17H,10-11H2. The molecule has 2 rings (SSSR count). The van der Waals surface area contributed by atoms with Gasteiger partial charge < -0.3 is 5.11 Å². The van der Waals surface area contributed by atoms with E-state index in [1.54, 1.807) is 24.3 Å². The summed E-state index contributed by atoms with van der Waals surface area (Å²) in [5, 5.41) is 9.97. The minimum Gasteiger partial charge on any atom is -0.377 e. The normalized spacial score (nSPS) is 13.1. The Balaban J connectivity index is 2.07. The van der Waals surface area contributed by atoms with E-state index >= 15 is 0 Å². The van der Waals surface area contributed by atoms with Crippen LogP contribution in [0.3, 0.4) is 0 Å². The van der Waals surface area contributed by atoms with Crippen molar-refractivity contribution in [1.29, 1.82) is 0 Å². The number of sulfone groups is 1. The van der Waals surface area contributed by atoms with Gasteiger partial charge in [0.25, 0.3) is 0 Å². The van der Waals surface area contributed by atoms with Gasteiger partial charge in [-0.2, -0.15) is 0 Å². The van der Waals surface area contributed by atoms with Crippen LogP contribution in [0.1, 0.15) is 11.1 Å². The lowest BCUT2D eigenvalue weighted by Gasteiger charge is -2.12. The third-order valence-electron chi connectivity index (χ3n) is 2.95. The Hall–Kier alpha value is -0.920. The second-order valence-electron chi connectivity index (χ2n) is 4.58. The van der Waals surface area contributed by atoms with Crippen LogP contribution in [-0.2, 0) is 22.0 Å². The molecule has 3 nitrogen and oxygen atoms in total. The summed E-state index contributed by atoms with van der Waals surface area (Å²) in [6.45, 7) is 0. The van der Waals surface area contributed by atoms with E-state index in [0.29, 0.717) is 5.56 Å². The number of aliphatic hydroxyl groups excluding tert-OH is 1. The van der Waals surface area contributed by atoms with Crippen LogP contribution >= 0.6 is 22.6 Å². The van der Waals surface area contributed by atoms with Crippen molar-refractivity contribution in [1.82, 2.24) is 0 Å². The van der Waals surface area contributed by atoms with Crippen LogP contribution in [0.25, 0.3) is 0 Å². The van der Waals surface area contributed by atoms with Crippen LogP contribution in [0, 0.1) is 3.57 Å². The maximum absolute atomic E-state index is 12.1. The Labute approximate surface area is 132 Å².